The smallest absolute Gasteiger partial charge is 0.867 e. The van der Waals surface area contributed by atoms with E-state index in [4.69, 9.17) is 18.9 Å². The van der Waals surface area contributed by atoms with Gasteiger partial charge in [-0.15, -0.1) is 12.8 Å². The molecule has 0 atom stereocenters. The number of allylic oxidation sites excluding steroid dienone is 8. The second kappa shape index (κ2) is 23.8. The first-order chi connectivity index (χ1) is 19.4. The number of hydrogen-bond acceptors (Lipinski definition) is 6. The zero-order chi connectivity index (χ0) is 29.6. The van der Waals surface area contributed by atoms with E-state index >= 15 is 0 Å². The minimum Gasteiger partial charge on any atom is -0.867 e. The molecule has 0 N–H and O–H groups in total. The summed E-state index contributed by atoms with van der Waals surface area (Å²) in [5.41, 5.74) is 2.83. The zero-order valence-corrected chi connectivity index (χ0v) is 27.8. The Balaban J connectivity index is 0.000000518. The van der Waals surface area contributed by atoms with Crippen molar-refractivity contribution in [2.75, 3.05) is 28.4 Å². The summed E-state index contributed by atoms with van der Waals surface area (Å²) in [5, 5.41) is 22.4. The van der Waals surface area contributed by atoms with Crippen molar-refractivity contribution in [3.63, 3.8) is 0 Å². The van der Waals surface area contributed by atoms with Gasteiger partial charge in [-0.2, -0.15) is 12.2 Å². The molecule has 220 valence electrons. The van der Waals surface area contributed by atoms with Crippen LogP contribution in [0.1, 0.15) is 65.2 Å². The monoisotopic (exact) mass is 638 g/mol. The van der Waals surface area contributed by atoms with Crippen molar-refractivity contribution in [2.24, 2.45) is 0 Å². The van der Waals surface area contributed by atoms with Crippen LogP contribution in [-0.4, -0.2) is 28.4 Å². The molecular weight excluding hydrogens is 596 g/mol. The first-order valence-electron chi connectivity index (χ1n) is 13.7. The Morgan fingerprint density at radius 3 is 1.15 bits per heavy atom. The first-order valence-corrected chi connectivity index (χ1v) is 13.7. The van der Waals surface area contributed by atoms with Gasteiger partial charge in [-0.25, -0.2) is 23.3 Å². The summed E-state index contributed by atoms with van der Waals surface area (Å²) in [6.07, 6.45) is 25.1. The number of rotatable bonds is 10. The third-order valence-electron chi connectivity index (χ3n) is 5.90. The molecule has 0 unspecified atom stereocenters. The maximum absolute atomic E-state index is 11.2. The summed E-state index contributed by atoms with van der Waals surface area (Å²) < 4.78 is 19.2. The van der Waals surface area contributed by atoms with Crippen LogP contribution in [0, 0.1) is 12.2 Å². The Hall–Kier alpha value is -2.92. The molecule has 2 aromatic carbocycles. The van der Waals surface area contributed by atoms with Crippen LogP contribution in [0.3, 0.4) is 0 Å². The van der Waals surface area contributed by atoms with Crippen molar-refractivity contribution in [3.05, 3.63) is 84.0 Å². The second-order valence-electron chi connectivity index (χ2n) is 8.81. The Bertz CT molecular complexity index is 972. The molecule has 0 saturated heterocycles. The average Bonchev–Trinajstić information content (AvgIpc) is 3.71. The normalized spacial score (nSPS) is 12.1. The van der Waals surface area contributed by atoms with Gasteiger partial charge < -0.3 is 29.2 Å². The van der Waals surface area contributed by atoms with E-state index in [9.17, 15) is 10.2 Å². The molecule has 2 aliphatic carbocycles. The van der Waals surface area contributed by atoms with Crippen LogP contribution in [0.2, 0.25) is 0 Å². The van der Waals surface area contributed by atoms with E-state index in [0.717, 1.165) is 12.8 Å². The van der Waals surface area contributed by atoms with Crippen molar-refractivity contribution >= 4 is 0 Å². The third kappa shape index (κ3) is 15.0. The molecule has 41 heavy (non-hydrogen) atoms. The van der Waals surface area contributed by atoms with E-state index in [1.54, 1.807) is 36.4 Å². The van der Waals surface area contributed by atoms with Crippen LogP contribution in [-0.2, 0) is 26.2 Å². The number of benzene rings is 2. The molecule has 0 fully saturated rings. The van der Waals surface area contributed by atoms with Gasteiger partial charge in [-0.3, -0.25) is 12.2 Å². The first kappa shape index (κ1) is 38.1. The van der Waals surface area contributed by atoms with Gasteiger partial charge in [0.05, 0.1) is 28.4 Å². The molecule has 0 bridgehead atoms. The molecule has 0 aliphatic heterocycles. The predicted octanol–water partition coefficient (Wildman–Crippen LogP) is 7.28. The van der Waals surface area contributed by atoms with Crippen molar-refractivity contribution < 1.29 is 55.4 Å². The van der Waals surface area contributed by atoms with Crippen LogP contribution in [0.4, 0.5) is 0 Å². The average molecular weight is 640 g/mol. The Morgan fingerprint density at radius 2 is 0.927 bits per heavy atom. The van der Waals surface area contributed by atoms with Gasteiger partial charge in [0.1, 0.15) is 23.0 Å². The summed E-state index contributed by atoms with van der Waals surface area (Å²) in [5.74, 6) is 0.817. The van der Waals surface area contributed by atoms with Gasteiger partial charge in [0, 0.05) is 0 Å². The van der Waals surface area contributed by atoms with Crippen LogP contribution < -0.4 is 29.2 Å². The summed E-state index contributed by atoms with van der Waals surface area (Å²) in [6.45, 7) is 4.44. The van der Waals surface area contributed by atoms with Crippen LogP contribution in [0.5, 0.6) is 34.5 Å². The van der Waals surface area contributed by atoms with Crippen molar-refractivity contribution in [1.29, 1.82) is 0 Å². The van der Waals surface area contributed by atoms with E-state index in [0.29, 0.717) is 23.0 Å². The van der Waals surface area contributed by atoms with Gasteiger partial charge in [-0.05, 0) is 35.8 Å². The van der Waals surface area contributed by atoms with Crippen molar-refractivity contribution in [3.8, 4) is 34.5 Å². The standard InChI is InChI=1S/2C9H13.2C8H10O3.Zr/c2*1-2-3-6-9-7-4-5-8-9;2*1-10-6-4-3-5-7(11-2)8(6)9;/h2*4,7H,2-3,5-6H2,1H3;2*3-5,9H,1-2H3;/q2*-1;;;+4/p-2. The van der Waals surface area contributed by atoms with Crippen LogP contribution >= 0.6 is 0 Å². The number of para-hydroxylation sites is 2. The number of methoxy groups -OCH3 is 4. The minimum atomic E-state index is -0.211. The second-order valence-corrected chi connectivity index (χ2v) is 8.81. The molecule has 0 radical (unpaired) electrons. The number of unbranched alkanes of at least 4 members (excludes halogenated alkanes) is 2. The molecule has 2 aromatic rings. The Morgan fingerprint density at radius 1 is 0.610 bits per heavy atom. The topological polar surface area (TPSA) is 83.0 Å². The maximum Gasteiger partial charge on any atom is 4.00 e. The zero-order valence-electron chi connectivity index (χ0n) is 25.4. The SMILES string of the molecule is CCCCC1=[C-]CC=C1.CCCCC1=[C-]CC=C1.COc1cccc(OC)c1[O-].COc1cccc(OC)c1[O-].[Zr+4]. The maximum atomic E-state index is 11.2. The molecular formula is C34H44O6Zr. The summed E-state index contributed by atoms with van der Waals surface area (Å²) in [6, 6.07) is 9.82. The number of hydrogen-bond donors (Lipinski definition) is 0. The molecule has 7 heteroatoms. The molecule has 0 heterocycles. The largest absolute Gasteiger partial charge is 4.00 e. The van der Waals surface area contributed by atoms with Gasteiger partial charge >= 0.3 is 26.2 Å². The molecule has 6 nitrogen and oxygen atoms in total. The molecule has 0 amide bonds. The molecule has 0 saturated carbocycles. The Labute approximate surface area is 266 Å². The van der Waals surface area contributed by atoms with Gasteiger partial charge in [0.2, 0.25) is 0 Å². The van der Waals surface area contributed by atoms with Crippen LogP contribution in [0.15, 0.2) is 71.8 Å². The quantitative estimate of drug-likeness (QED) is 0.254. The van der Waals surface area contributed by atoms with E-state index in [1.807, 2.05) is 0 Å². The summed E-state index contributed by atoms with van der Waals surface area (Å²) in [4.78, 5) is 0. The molecule has 0 spiro atoms. The summed E-state index contributed by atoms with van der Waals surface area (Å²) in [7, 11) is 5.82. The minimum absolute atomic E-state index is 0. The van der Waals surface area contributed by atoms with E-state index in [2.05, 4.69) is 50.3 Å². The fourth-order valence-electron chi connectivity index (χ4n) is 3.61. The van der Waals surface area contributed by atoms with E-state index in [1.165, 1.54) is 78.1 Å². The van der Waals surface area contributed by atoms with E-state index in [-0.39, 0.29) is 37.7 Å². The third-order valence-corrected chi connectivity index (χ3v) is 5.90. The molecule has 0 aromatic heterocycles. The fraction of sp³-hybridized carbons (Fsp3) is 0.412. The summed E-state index contributed by atoms with van der Waals surface area (Å²) >= 11 is 0. The number of ether oxygens (including phenoxy) is 4. The predicted molar refractivity (Wildman–Crippen MR) is 158 cm³/mol. The van der Waals surface area contributed by atoms with Crippen LogP contribution in [0.25, 0.3) is 0 Å². The van der Waals surface area contributed by atoms with Gasteiger partial charge in [0.15, 0.2) is 0 Å². The Kier molecular flexibility index (Phi) is 22.1. The van der Waals surface area contributed by atoms with E-state index < -0.39 is 0 Å². The van der Waals surface area contributed by atoms with Gasteiger partial charge in [0.25, 0.3) is 0 Å². The van der Waals surface area contributed by atoms with Crippen molar-refractivity contribution in [1.82, 2.24) is 0 Å². The molecule has 4 rings (SSSR count). The molecule has 2 aliphatic rings. The van der Waals surface area contributed by atoms with Crippen molar-refractivity contribution in [2.45, 2.75) is 65.2 Å². The van der Waals surface area contributed by atoms with Gasteiger partial charge in [-0.1, -0.05) is 64.5 Å². The fourth-order valence-corrected chi connectivity index (χ4v) is 3.61.